The molecule has 0 aliphatic heterocycles. The lowest BCUT2D eigenvalue weighted by Crippen LogP contribution is -2.30. The number of carbonyl (C=O) groups excluding carboxylic acids is 2. The van der Waals surface area contributed by atoms with Gasteiger partial charge in [-0.15, -0.1) is 49.6 Å². The fraction of sp³-hybridized carbons (Fsp3) is 0.611. The molecule has 0 aliphatic carbocycles. The Labute approximate surface area is 326 Å². The van der Waals surface area contributed by atoms with E-state index in [0.29, 0.717) is 13.1 Å². The van der Waals surface area contributed by atoms with Crippen molar-refractivity contribution in [3.05, 3.63) is 71.8 Å². The number of nitrogens with two attached hydrogens (primary N) is 1. The minimum atomic E-state index is -0.361. The molecular formula is C36H64Cl4N6O4. The summed E-state index contributed by atoms with van der Waals surface area (Å²) in [6, 6.07) is 19.4. The van der Waals surface area contributed by atoms with Crippen LogP contribution in [0.5, 0.6) is 0 Å². The van der Waals surface area contributed by atoms with Crippen LogP contribution in [0.25, 0.3) is 0 Å². The summed E-state index contributed by atoms with van der Waals surface area (Å²) in [6.45, 7) is 9.91. The Balaban J connectivity index is -0.00000552. The minimum Gasteiger partial charge on any atom is -0.445 e. The summed E-state index contributed by atoms with van der Waals surface area (Å²) < 4.78 is 10.6. The average Bonchev–Trinajstić information content (AvgIpc) is 3.08. The molecule has 0 spiro atoms. The van der Waals surface area contributed by atoms with Crippen LogP contribution in [0.2, 0.25) is 0 Å². The lowest BCUT2D eigenvalue weighted by Gasteiger charge is -2.22. The van der Waals surface area contributed by atoms with Crippen molar-refractivity contribution in [2.24, 2.45) is 5.73 Å². The van der Waals surface area contributed by atoms with Crippen molar-refractivity contribution < 1.29 is 19.1 Å². The number of nitrogens with one attached hydrogen (secondary N) is 4. The van der Waals surface area contributed by atoms with Crippen molar-refractivity contribution >= 4 is 61.8 Å². The number of carbonyl (C=O) groups is 2. The molecule has 0 atom stereocenters. The molecule has 2 amide bonds. The molecule has 0 aromatic heterocycles. The molecular weight excluding hydrogens is 722 g/mol. The predicted octanol–water partition coefficient (Wildman–Crippen LogP) is 6.87. The van der Waals surface area contributed by atoms with Crippen LogP contribution in [0.15, 0.2) is 60.7 Å². The van der Waals surface area contributed by atoms with E-state index in [2.05, 4.69) is 26.2 Å². The van der Waals surface area contributed by atoms with E-state index in [1.165, 1.54) is 12.8 Å². The molecule has 0 bridgehead atoms. The number of ether oxygens (including phenoxy) is 2. The van der Waals surface area contributed by atoms with E-state index in [-0.39, 0.29) is 75.0 Å². The third kappa shape index (κ3) is 30.8. The van der Waals surface area contributed by atoms with Gasteiger partial charge in [0.25, 0.3) is 0 Å². The highest BCUT2D eigenvalue weighted by Crippen LogP contribution is 2.05. The van der Waals surface area contributed by atoms with Gasteiger partial charge in [-0.1, -0.05) is 73.5 Å². The van der Waals surface area contributed by atoms with Crippen LogP contribution >= 0.6 is 49.6 Å². The Hall–Kier alpha value is -2.02. The summed E-state index contributed by atoms with van der Waals surface area (Å²) in [4.78, 5) is 26.5. The predicted molar refractivity (Wildman–Crippen MR) is 216 cm³/mol. The van der Waals surface area contributed by atoms with Crippen molar-refractivity contribution in [2.75, 3.05) is 65.4 Å². The van der Waals surface area contributed by atoms with Gasteiger partial charge in [-0.25, -0.2) is 9.59 Å². The molecule has 0 saturated heterocycles. The second-order valence-electron chi connectivity index (χ2n) is 11.6. The molecule has 0 heterocycles. The van der Waals surface area contributed by atoms with E-state index in [1.54, 1.807) is 0 Å². The van der Waals surface area contributed by atoms with Crippen LogP contribution in [0.3, 0.4) is 0 Å². The number of benzene rings is 2. The fourth-order valence-electron chi connectivity index (χ4n) is 4.94. The van der Waals surface area contributed by atoms with Crippen LogP contribution < -0.4 is 27.0 Å². The molecule has 6 N–H and O–H groups in total. The topological polar surface area (TPSA) is 130 Å². The Morgan fingerprint density at radius 2 is 0.880 bits per heavy atom. The van der Waals surface area contributed by atoms with E-state index < -0.39 is 0 Å². The molecule has 0 aliphatic rings. The normalized spacial score (nSPS) is 10.1. The van der Waals surface area contributed by atoms with Crippen molar-refractivity contribution in [3.63, 3.8) is 0 Å². The second-order valence-corrected chi connectivity index (χ2v) is 11.6. The number of alkyl carbamates (subject to hydrolysis) is 2. The number of nitrogens with zero attached hydrogens (tertiary/aromatic N) is 1. The van der Waals surface area contributed by atoms with E-state index in [4.69, 9.17) is 15.2 Å². The molecule has 0 unspecified atom stereocenters. The zero-order valence-corrected chi connectivity index (χ0v) is 32.9. The molecule has 0 saturated carbocycles. The third-order valence-corrected chi connectivity index (χ3v) is 7.61. The van der Waals surface area contributed by atoms with E-state index >= 15 is 0 Å². The first-order chi connectivity index (χ1) is 22.7. The van der Waals surface area contributed by atoms with Crippen LogP contribution in [-0.4, -0.2) is 82.5 Å². The fourth-order valence-corrected chi connectivity index (χ4v) is 4.94. The van der Waals surface area contributed by atoms with Crippen molar-refractivity contribution in [1.29, 1.82) is 0 Å². The van der Waals surface area contributed by atoms with Crippen LogP contribution in [0.4, 0.5) is 9.59 Å². The van der Waals surface area contributed by atoms with Gasteiger partial charge < -0.3 is 41.4 Å². The van der Waals surface area contributed by atoms with Gasteiger partial charge in [0, 0.05) is 13.1 Å². The zero-order chi connectivity index (χ0) is 32.8. The lowest BCUT2D eigenvalue weighted by molar-refractivity contribution is 0.138. The van der Waals surface area contributed by atoms with Gasteiger partial charge in [-0.2, -0.15) is 0 Å². The summed E-state index contributed by atoms with van der Waals surface area (Å²) in [5, 5.41) is 12.8. The largest absolute Gasteiger partial charge is 0.445 e. The first-order valence-corrected chi connectivity index (χ1v) is 17.4. The molecule has 2 rings (SSSR count). The molecule has 2 aromatic rings. The average molecular weight is 787 g/mol. The van der Waals surface area contributed by atoms with E-state index in [9.17, 15) is 9.59 Å². The smallest absolute Gasteiger partial charge is 0.407 e. The highest BCUT2D eigenvalue weighted by Gasteiger charge is 2.07. The Morgan fingerprint density at radius 3 is 1.32 bits per heavy atom. The standard InChI is InChI=1S/C36H60N6O4.4ClH/c37-21-15-24-38-22-11-12-23-39-25-16-30-42(28-13-3-9-26-40-35(43)45-31-33-17-5-1-6-18-33)29-14-4-10-27-41-36(44)46-32-34-19-7-2-8-20-34;;;;/h1-2,5-8,17-20,38-39H,3-4,9-16,21-32,37H2,(H,40,43)(H,41,44);4*1H. The van der Waals surface area contributed by atoms with Crippen molar-refractivity contribution in [2.45, 2.75) is 77.4 Å². The van der Waals surface area contributed by atoms with Crippen LogP contribution in [0, 0.1) is 0 Å². The van der Waals surface area contributed by atoms with Gasteiger partial charge in [0.2, 0.25) is 0 Å². The first-order valence-electron chi connectivity index (χ1n) is 17.4. The van der Waals surface area contributed by atoms with Gasteiger partial charge >= 0.3 is 12.2 Å². The second kappa shape index (κ2) is 38.2. The quantitative estimate of drug-likeness (QED) is 0.0592. The summed E-state index contributed by atoms with van der Waals surface area (Å²) >= 11 is 0. The molecule has 290 valence electrons. The molecule has 14 heteroatoms. The molecule has 0 radical (unpaired) electrons. The van der Waals surface area contributed by atoms with Gasteiger partial charge in [0.15, 0.2) is 0 Å². The van der Waals surface area contributed by atoms with E-state index in [0.717, 1.165) is 115 Å². The Bertz CT molecular complexity index is 951. The maximum atomic E-state index is 12.0. The highest BCUT2D eigenvalue weighted by molar-refractivity contribution is 5.86. The Morgan fingerprint density at radius 1 is 0.500 bits per heavy atom. The number of hydrogen-bond acceptors (Lipinski definition) is 8. The Kier molecular flexibility index (Phi) is 40.0. The minimum absolute atomic E-state index is 0. The van der Waals surface area contributed by atoms with Gasteiger partial charge in [-0.05, 0) is 115 Å². The van der Waals surface area contributed by atoms with Gasteiger partial charge in [0.1, 0.15) is 13.2 Å². The monoisotopic (exact) mass is 784 g/mol. The number of unbranched alkanes of at least 4 members (excludes halogenated alkanes) is 5. The maximum Gasteiger partial charge on any atom is 0.407 e. The zero-order valence-electron chi connectivity index (χ0n) is 29.6. The molecule has 0 fully saturated rings. The van der Waals surface area contributed by atoms with Gasteiger partial charge in [-0.3, -0.25) is 0 Å². The summed E-state index contributed by atoms with van der Waals surface area (Å²) in [7, 11) is 0. The van der Waals surface area contributed by atoms with Crippen LogP contribution in [-0.2, 0) is 22.7 Å². The van der Waals surface area contributed by atoms with Crippen LogP contribution in [0.1, 0.15) is 75.3 Å². The van der Waals surface area contributed by atoms with E-state index in [1.807, 2.05) is 60.7 Å². The molecule has 2 aromatic carbocycles. The maximum absolute atomic E-state index is 12.0. The van der Waals surface area contributed by atoms with Crippen molar-refractivity contribution in [1.82, 2.24) is 26.2 Å². The summed E-state index contributed by atoms with van der Waals surface area (Å²) in [5.41, 5.74) is 7.50. The number of amides is 2. The number of rotatable bonds is 28. The summed E-state index contributed by atoms with van der Waals surface area (Å²) in [5.74, 6) is 0. The molecule has 50 heavy (non-hydrogen) atoms. The van der Waals surface area contributed by atoms with Gasteiger partial charge in [0.05, 0.1) is 0 Å². The first kappa shape index (κ1) is 52.3. The summed E-state index contributed by atoms with van der Waals surface area (Å²) in [6.07, 6.45) is 9.98. The highest BCUT2D eigenvalue weighted by atomic mass is 35.5. The number of halogens is 4. The lowest BCUT2D eigenvalue weighted by atomic mass is 10.2. The number of hydrogen-bond donors (Lipinski definition) is 5. The third-order valence-electron chi connectivity index (χ3n) is 7.61. The van der Waals surface area contributed by atoms with Crippen molar-refractivity contribution in [3.8, 4) is 0 Å². The SMILES string of the molecule is Cl.Cl.Cl.Cl.NCCCNCCCCNCCCN(CCCCCNC(=O)OCc1ccccc1)CCCCCNC(=O)OCc1ccccc1. The molecule has 10 nitrogen and oxygen atoms in total.